The lowest BCUT2D eigenvalue weighted by Gasteiger charge is -2.21. The number of benzene rings is 2. The average Bonchev–Trinajstić information content (AvgIpc) is 2.70. The summed E-state index contributed by atoms with van der Waals surface area (Å²) in [6.07, 6.45) is 1.65. The number of para-hydroxylation sites is 2. The fraction of sp³-hybridized carbons (Fsp3) is 0.238. The Morgan fingerprint density at radius 3 is 2.07 bits per heavy atom. The number of hydrogen-bond acceptors (Lipinski definition) is 6. The molecule has 0 aliphatic rings. The molecule has 0 aliphatic heterocycles. The van der Waals surface area contributed by atoms with Gasteiger partial charge in [0, 0.05) is 31.2 Å². The largest absolute Gasteiger partial charge is 0.479 e. The van der Waals surface area contributed by atoms with Gasteiger partial charge in [0.1, 0.15) is 6.10 Å². The Kier molecular flexibility index (Phi) is 10.3. The van der Waals surface area contributed by atoms with Crippen LogP contribution in [0.5, 0.6) is 5.75 Å². The number of carboxylic acids is 2. The molecule has 9 nitrogen and oxygen atoms in total. The van der Waals surface area contributed by atoms with Gasteiger partial charge in [0.25, 0.3) is 0 Å². The Balaban J connectivity index is 0.000000479. The van der Waals surface area contributed by atoms with E-state index in [2.05, 4.69) is 4.90 Å². The van der Waals surface area contributed by atoms with Crippen LogP contribution in [0.2, 0.25) is 0 Å². The Morgan fingerprint density at radius 1 is 1.03 bits per heavy atom. The van der Waals surface area contributed by atoms with Gasteiger partial charge < -0.3 is 19.8 Å². The molecule has 30 heavy (non-hydrogen) atoms. The van der Waals surface area contributed by atoms with Crippen LogP contribution in [0.25, 0.3) is 0 Å². The van der Waals surface area contributed by atoms with Crippen LogP contribution in [0.1, 0.15) is 18.1 Å². The number of nitro groups is 1. The first-order chi connectivity index (χ1) is 14.2. The third-order valence-electron chi connectivity index (χ3n) is 3.71. The van der Waals surface area contributed by atoms with Gasteiger partial charge in [-0.15, -0.1) is 0 Å². The molecule has 9 heteroatoms. The molecular formula is C21H24N2O7. The number of carbonyl (C=O) groups is 2. The topological polar surface area (TPSA) is 130 Å². The molecule has 160 valence electrons. The van der Waals surface area contributed by atoms with E-state index in [1.54, 1.807) is 18.2 Å². The van der Waals surface area contributed by atoms with Gasteiger partial charge in [-0.2, -0.15) is 0 Å². The highest BCUT2D eigenvalue weighted by Crippen LogP contribution is 2.32. The van der Waals surface area contributed by atoms with Crippen LogP contribution in [0.4, 0.5) is 5.69 Å². The Morgan fingerprint density at radius 2 is 1.57 bits per heavy atom. The minimum absolute atomic E-state index is 0.00622. The summed E-state index contributed by atoms with van der Waals surface area (Å²) < 4.78 is 5.98. The predicted octanol–water partition coefficient (Wildman–Crippen LogP) is 3.38. The van der Waals surface area contributed by atoms with Crippen molar-refractivity contribution in [3.05, 3.63) is 82.4 Å². The normalized spacial score (nSPS) is 11.4. The van der Waals surface area contributed by atoms with Crippen LogP contribution in [0.3, 0.4) is 0 Å². The Labute approximate surface area is 174 Å². The second-order valence-electron chi connectivity index (χ2n) is 6.34. The highest BCUT2D eigenvalue weighted by atomic mass is 16.6. The molecular weight excluding hydrogens is 392 g/mol. The zero-order valence-electron chi connectivity index (χ0n) is 16.7. The number of carboxylic acid groups (broad SMARTS) is 2. The second kappa shape index (κ2) is 12.7. The van der Waals surface area contributed by atoms with Crippen LogP contribution < -0.4 is 4.74 Å². The van der Waals surface area contributed by atoms with E-state index in [1.807, 2.05) is 44.4 Å². The first kappa shape index (κ1) is 24.3. The molecule has 0 saturated carbocycles. The molecule has 0 heterocycles. The van der Waals surface area contributed by atoms with Crippen molar-refractivity contribution in [3.8, 4) is 5.75 Å². The Bertz CT molecular complexity index is 851. The molecule has 0 aromatic heterocycles. The number of aliphatic carboxylic acids is 2. The molecule has 1 unspecified atom stereocenters. The maximum Gasteiger partial charge on any atom is 0.328 e. The third kappa shape index (κ3) is 9.47. The molecule has 0 spiro atoms. The fourth-order valence-corrected chi connectivity index (χ4v) is 2.34. The molecule has 0 bridgehead atoms. The molecule has 2 N–H and O–H groups in total. The smallest absolute Gasteiger partial charge is 0.328 e. The number of ether oxygens (including phenoxy) is 1. The predicted molar refractivity (Wildman–Crippen MR) is 110 cm³/mol. The summed E-state index contributed by atoms with van der Waals surface area (Å²) in [4.78, 5) is 31.9. The van der Waals surface area contributed by atoms with E-state index in [4.69, 9.17) is 14.9 Å². The summed E-state index contributed by atoms with van der Waals surface area (Å²) in [7, 11) is 3.99. The minimum atomic E-state index is -1.26. The summed E-state index contributed by atoms with van der Waals surface area (Å²) in [6, 6.07) is 16.3. The van der Waals surface area contributed by atoms with Crippen molar-refractivity contribution >= 4 is 17.6 Å². The van der Waals surface area contributed by atoms with Crippen molar-refractivity contribution in [1.29, 1.82) is 0 Å². The lowest BCUT2D eigenvalue weighted by Crippen LogP contribution is -2.19. The zero-order valence-corrected chi connectivity index (χ0v) is 16.7. The molecule has 0 saturated heterocycles. The fourth-order valence-electron chi connectivity index (χ4n) is 2.34. The van der Waals surface area contributed by atoms with Crippen molar-refractivity contribution < 1.29 is 29.5 Å². The first-order valence-corrected chi connectivity index (χ1v) is 8.94. The monoisotopic (exact) mass is 416 g/mol. The van der Waals surface area contributed by atoms with Gasteiger partial charge in [-0.25, -0.2) is 9.59 Å². The summed E-state index contributed by atoms with van der Waals surface area (Å²) >= 11 is 0. The number of hydrogen-bond donors (Lipinski definition) is 2. The van der Waals surface area contributed by atoms with Crippen molar-refractivity contribution in [2.75, 3.05) is 20.6 Å². The van der Waals surface area contributed by atoms with Crippen LogP contribution in [0.15, 0.2) is 66.7 Å². The summed E-state index contributed by atoms with van der Waals surface area (Å²) in [5.41, 5.74) is 1.01. The van der Waals surface area contributed by atoms with E-state index < -0.39 is 16.9 Å². The first-order valence-electron chi connectivity index (χ1n) is 8.94. The van der Waals surface area contributed by atoms with E-state index in [0.29, 0.717) is 17.9 Å². The highest BCUT2D eigenvalue weighted by Gasteiger charge is 2.20. The van der Waals surface area contributed by atoms with Crippen molar-refractivity contribution in [1.82, 2.24) is 4.90 Å². The number of nitrogens with zero attached hydrogens (tertiary/aromatic N) is 2. The van der Waals surface area contributed by atoms with Crippen LogP contribution >= 0.6 is 0 Å². The Hall–Kier alpha value is -3.72. The standard InChI is InChI=1S/C17H20N2O3.C4H4O4/c1-18(2)13-12-16(14-8-4-3-5-9-14)22-17-11-7-6-10-15(17)19(20)21;5-3(6)1-2-4(7)8/h3-11,16H,12-13H2,1-2H3;1-2H,(H,5,6)(H,7,8)/b;2-1+. The molecule has 1 atom stereocenters. The second-order valence-corrected chi connectivity index (χ2v) is 6.34. The zero-order chi connectivity index (χ0) is 22.5. The highest BCUT2D eigenvalue weighted by molar-refractivity contribution is 5.89. The molecule has 0 radical (unpaired) electrons. The van der Waals surface area contributed by atoms with E-state index >= 15 is 0 Å². The quantitative estimate of drug-likeness (QED) is 0.361. The maximum absolute atomic E-state index is 11.1. The molecule has 0 fully saturated rings. The minimum Gasteiger partial charge on any atom is -0.479 e. The van der Waals surface area contributed by atoms with Crippen molar-refractivity contribution in [2.24, 2.45) is 0 Å². The van der Waals surface area contributed by atoms with Gasteiger partial charge in [0.05, 0.1) is 4.92 Å². The summed E-state index contributed by atoms with van der Waals surface area (Å²) in [6.45, 7) is 0.834. The molecule has 2 aromatic carbocycles. The molecule has 2 aromatic rings. The van der Waals surface area contributed by atoms with Gasteiger partial charge >= 0.3 is 17.6 Å². The van der Waals surface area contributed by atoms with E-state index in [1.165, 1.54) is 6.07 Å². The van der Waals surface area contributed by atoms with E-state index in [0.717, 1.165) is 18.5 Å². The average molecular weight is 416 g/mol. The van der Waals surface area contributed by atoms with Gasteiger partial charge in [-0.3, -0.25) is 10.1 Å². The van der Waals surface area contributed by atoms with Crippen LogP contribution in [-0.2, 0) is 9.59 Å². The molecule has 2 rings (SSSR count). The van der Waals surface area contributed by atoms with Crippen molar-refractivity contribution in [2.45, 2.75) is 12.5 Å². The van der Waals surface area contributed by atoms with E-state index in [9.17, 15) is 19.7 Å². The van der Waals surface area contributed by atoms with Gasteiger partial charge in [-0.05, 0) is 25.7 Å². The number of nitro benzene ring substituents is 1. The van der Waals surface area contributed by atoms with Gasteiger partial charge in [0.2, 0.25) is 0 Å². The molecule has 0 amide bonds. The van der Waals surface area contributed by atoms with Crippen LogP contribution in [0, 0.1) is 10.1 Å². The maximum atomic E-state index is 11.1. The summed E-state index contributed by atoms with van der Waals surface area (Å²) in [5, 5.41) is 26.7. The third-order valence-corrected chi connectivity index (χ3v) is 3.71. The van der Waals surface area contributed by atoms with E-state index in [-0.39, 0.29) is 11.8 Å². The SMILES string of the molecule is CN(C)CCC(Oc1ccccc1[N+](=O)[O-])c1ccccc1.O=C(O)/C=C/C(=O)O. The lowest BCUT2D eigenvalue weighted by atomic mass is 10.1. The van der Waals surface area contributed by atoms with Crippen LogP contribution in [-0.4, -0.2) is 52.6 Å². The van der Waals surface area contributed by atoms with Crippen molar-refractivity contribution in [3.63, 3.8) is 0 Å². The lowest BCUT2D eigenvalue weighted by molar-refractivity contribution is -0.386. The molecule has 0 aliphatic carbocycles. The summed E-state index contributed by atoms with van der Waals surface area (Å²) in [5.74, 6) is -2.21. The van der Waals surface area contributed by atoms with Gasteiger partial charge in [-0.1, -0.05) is 42.5 Å². The van der Waals surface area contributed by atoms with Gasteiger partial charge in [0.15, 0.2) is 5.75 Å². The number of rotatable bonds is 9.